The molecule has 1 aliphatic carbocycles. The summed E-state index contributed by atoms with van der Waals surface area (Å²) in [5, 5.41) is 3.23. The smallest absolute Gasteiger partial charge is 0.234 e. The normalized spacial score (nSPS) is 17.3. The third-order valence-corrected chi connectivity index (χ3v) is 7.01. The molecule has 2 N–H and O–H groups in total. The molecular formula is C21H29FN6O2S. The number of aromatic nitrogens is 2. The van der Waals surface area contributed by atoms with E-state index in [0.717, 1.165) is 81.0 Å². The van der Waals surface area contributed by atoms with E-state index in [1.807, 2.05) is 0 Å². The average Bonchev–Trinajstić information content (AvgIpc) is 2.73. The number of sulfonamides is 1. The molecule has 8 nitrogen and oxygen atoms in total. The Hall–Kier alpha value is -2.46. The Labute approximate surface area is 182 Å². The van der Waals surface area contributed by atoms with Gasteiger partial charge in [-0.05, 0) is 50.9 Å². The van der Waals surface area contributed by atoms with Crippen molar-refractivity contribution in [2.45, 2.75) is 25.7 Å². The summed E-state index contributed by atoms with van der Waals surface area (Å²) >= 11 is 0. The molecule has 2 aliphatic rings. The molecular weight excluding hydrogens is 419 g/mol. The lowest BCUT2D eigenvalue weighted by Gasteiger charge is -2.33. The zero-order chi connectivity index (χ0) is 21.8. The maximum atomic E-state index is 13.3. The van der Waals surface area contributed by atoms with E-state index in [-0.39, 0.29) is 18.0 Å². The van der Waals surface area contributed by atoms with Crippen LogP contribution in [0.3, 0.4) is 0 Å². The van der Waals surface area contributed by atoms with Crippen LogP contribution in [0.15, 0.2) is 24.3 Å². The molecule has 1 fully saturated rings. The van der Waals surface area contributed by atoms with Crippen LogP contribution in [0.2, 0.25) is 0 Å². The lowest BCUT2D eigenvalue weighted by molar-refractivity contribution is 0.311. The summed E-state index contributed by atoms with van der Waals surface area (Å²) in [6.45, 7) is 3.89. The van der Waals surface area contributed by atoms with Crippen LogP contribution in [0.5, 0.6) is 0 Å². The Kier molecular flexibility index (Phi) is 6.57. The first kappa shape index (κ1) is 21.8. The SMILES string of the molecule is CN1CCN(c2nc3c(c(NCCS(=O)(=O)Nc4cccc(F)c4)n2)CCCC3)CC1. The van der Waals surface area contributed by atoms with Crippen LogP contribution in [0, 0.1) is 5.82 Å². The number of rotatable bonds is 7. The molecule has 1 aliphatic heterocycles. The number of hydrogen-bond donors (Lipinski definition) is 2. The highest BCUT2D eigenvalue weighted by atomic mass is 32.2. The van der Waals surface area contributed by atoms with Crippen LogP contribution in [-0.2, 0) is 22.9 Å². The third-order valence-electron chi connectivity index (χ3n) is 5.72. The topological polar surface area (TPSA) is 90.5 Å². The average molecular weight is 449 g/mol. The van der Waals surface area contributed by atoms with Gasteiger partial charge in [0.15, 0.2) is 0 Å². The molecule has 0 bridgehead atoms. The summed E-state index contributed by atoms with van der Waals surface area (Å²) in [4.78, 5) is 14.1. The van der Waals surface area contributed by atoms with Crippen LogP contribution in [0.25, 0.3) is 0 Å². The van der Waals surface area contributed by atoms with Gasteiger partial charge in [0.1, 0.15) is 11.6 Å². The molecule has 4 rings (SSSR count). The molecule has 31 heavy (non-hydrogen) atoms. The second kappa shape index (κ2) is 9.35. The van der Waals surface area contributed by atoms with Crippen molar-refractivity contribution in [3.63, 3.8) is 0 Å². The Balaban J connectivity index is 1.45. The molecule has 2 heterocycles. The van der Waals surface area contributed by atoms with Gasteiger partial charge in [0.25, 0.3) is 0 Å². The lowest BCUT2D eigenvalue weighted by Crippen LogP contribution is -2.45. The summed E-state index contributed by atoms with van der Waals surface area (Å²) in [6.07, 6.45) is 4.01. The second-order valence-corrected chi connectivity index (χ2v) is 9.99. The largest absolute Gasteiger partial charge is 0.369 e. The molecule has 0 atom stereocenters. The summed E-state index contributed by atoms with van der Waals surface area (Å²) < 4.78 is 40.6. The maximum Gasteiger partial charge on any atom is 0.234 e. The van der Waals surface area contributed by atoms with Crippen molar-refractivity contribution in [1.29, 1.82) is 0 Å². The van der Waals surface area contributed by atoms with E-state index in [9.17, 15) is 12.8 Å². The molecule has 1 aromatic heterocycles. The molecule has 168 valence electrons. The standard InChI is InChI=1S/C21H29FN6O2S/c1-27-10-12-28(13-11-27)21-24-19-8-3-2-7-18(19)20(25-21)23-9-14-31(29,30)26-17-6-4-5-16(22)15-17/h4-6,15,26H,2-3,7-14H2,1H3,(H,23,24,25). The van der Waals surface area contributed by atoms with E-state index in [4.69, 9.17) is 9.97 Å². The number of nitrogens with zero attached hydrogens (tertiary/aromatic N) is 4. The van der Waals surface area contributed by atoms with Crippen molar-refractivity contribution in [2.75, 3.05) is 60.5 Å². The third kappa shape index (κ3) is 5.62. The molecule has 1 saturated heterocycles. The minimum absolute atomic E-state index is 0.147. The quantitative estimate of drug-likeness (QED) is 0.670. The fraction of sp³-hybridized carbons (Fsp3) is 0.524. The summed E-state index contributed by atoms with van der Waals surface area (Å²) in [7, 11) is -1.51. The fourth-order valence-corrected chi connectivity index (χ4v) is 4.92. The molecule has 0 radical (unpaired) electrons. The van der Waals surface area contributed by atoms with Crippen molar-refractivity contribution < 1.29 is 12.8 Å². The van der Waals surface area contributed by atoms with Crippen molar-refractivity contribution >= 4 is 27.5 Å². The summed E-state index contributed by atoms with van der Waals surface area (Å²) in [6, 6.07) is 5.43. The van der Waals surface area contributed by atoms with Gasteiger partial charge in [-0.2, -0.15) is 4.98 Å². The molecule has 0 amide bonds. The number of fused-ring (bicyclic) bond motifs is 1. The van der Waals surface area contributed by atoms with Gasteiger partial charge in [0, 0.05) is 38.3 Å². The van der Waals surface area contributed by atoms with Crippen molar-refractivity contribution in [3.8, 4) is 0 Å². The highest BCUT2D eigenvalue weighted by Crippen LogP contribution is 2.28. The molecule has 0 saturated carbocycles. The zero-order valence-corrected chi connectivity index (χ0v) is 18.6. The van der Waals surface area contributed by atoms with Crippen LogP contribution < -0.4 is 14.9 Å². The molecule has 1 aromatic carbocycles. The minimum atomic E-state index is -3.62. The first-order valence-electron chi connectivity index (χ1n) is 10.7. The highest BCUT2D eigenvalue weighted by molar-refractivity contribution is 7.92. The van der Waals surface area contributed by atoms with Crippen LogP contribution in [0.4, 0.5) is 21.8 Å². The maximum absolute atomic E-state index is 13.3. The summed E-state index contributed by atoms with van der Waals surface area (Å²) in [5.41, 5.74) is 2.38. The van der Waals surface area contributed by atoms with Gasteiger partial charge in [0.05, 0.1) is 17.1 Å². The van der Waals surface area contributed by atoms with Crippen molar-refractivity contribution in [3.05, 3.63) is 41.3 Å². The second-order valence-electron chi connectivity index (χ2n) is 8.15. The molecule has 2 aromatic rings. The number of benzene rings is 1. The van der Waals surface area contributed by atoms with Gasteiger partial charge in [-0.1, -0.05) is 6.07 Å². The van der Waals surface area contributed by atoms with E-state index in [1.54, 1.807) is 0 Å². The Bertz CT molecular complexity index is 1020. The van der Waals surface area contributed by atoms with Crippen molar-refractivity contribution in [2.24, 2.45) is 0 Å². The van der Waals surface area contributed by atoms with Gasteiger partial charge in [-0.3, -0.25) is 4.72 Å². The van der Waals surface area contributed by atoms with Gasteiger partial charge in [-0.25, -0.2) is 17.8 Å². The van der Waals surface area contributed by atoms with Gasteiger partial charge >= 0.3 is 0 Å². The van der Waals surface area contributed by atoms with Crippen LogP contribution in [-0.4, -0.2) is 68.8 Å². The van der Waals surface area contributed by atoms with Crippen LogP contribution in [0.1, 0.15) is 24.1 Å². The van der Waals surface area contributed by atoms with E-state index in [1.165, 1.54) is 18.2 Å². The number of anilines is 3. The Morgan fingerprint density at radius 3 is 2.65 bits per heavy atom. The first-order chi connectivity index (χ1) is 14.9. The first-order valence-corrected chi connectivity index (χ1v) is 12.4. The Morgan fingerprint density at radius 2 is 1.87 bits per heavy atom. The number of aryl methyl sites for hydroxylation is 1. The minimum Gasteiger partial charge on any atom is -0.369 e. The van der Waals surface area contributed by atoms with Crippen LogP contribution >= 0.6 is 0 Å². The number of halogens is 1. The van der Waals surface area contributed by atoms with Crippen molar-refractivity contribution in [1.82, 2.24) is 14.9 Å². The van der Waals surface area contributed by atoms with E-state index in [2.05, 4.69) is 26.9 Å². The number of piperazine rings is 1. The predicted molar refractivity (Wildman–Crippen MR) is 121 cm³/mol. The van der Waals surface area contributed by atoms with E-state index >= 15 is 0 Å². The van der Waals surface area contributed by atoms with E-state index < -0.39 is 15.8 Å². The molecule has 0 unspecified atom stereocenters. The summed E-state index contributed by atoms with van der Waals surface area (Å²) in [5.74, 6) is 0.825. The fourth-order valence-electron chi connectivity index (χ4n) is 3.96. The Morgan fingerprint density at radius 1 is 1.10 bits per heavy atom. The predicted octanol–water partition coefficient (Wildman–Crippen LogP) is 2.10. The van der Waals surface area contributed by atoms with Gasteiger partial charge in [-0.15, -0.1) is 0 Å². The van der Waals surface area contributed by atoms with E-state index in [0.29, 0.717) is 0 Å². The van der Waals surface area contributed by atoms with Gasteiger partial charge in [0.2, 0.25) is 16.0 Å². The lowest BCUT2D eigenvalue weighted by atomic mass is 9.96. The number of likely N-dealkylation sites (N-methyl/N-ethyl adjacent to an activating group) is 1. The zero-order valence-electron chi connectivity index (χ0n) is 17.8. The molecule has 0 spiro atoms. The van der Waals surface area contributed by atoms with Gasteiger partial charge < -0.3 is 15.1 Å². The number of nitrogens with one attached hydrogen (secondary N) is 2. The monoisotopic (exact) mass is 448 g/mol. The number of hydrogen-bond acceptors (Lipinski definition) is 7. The molecule has 10 heteroatoms. The highest BCUT2D eigenvalue weighted by Gasteiger charge is 2.23.